The highest BCUT2D eigenvalue weighted by atomic mass is 32.2. The number of nitrogens with one attached hydrogen (secondary N) is 3. The van der Waals surface area contributed by atoms with Crippen molar-refractivity contribution in [3.05, 3.63) is 60.4 Å². The van der Waals surface area contributed by atoms with Crippen molar-refractivity contribution >= 4 is 21.8 Å². The van der Waals surface area contributed by atoms with E-state index in [1.807, 2.05) is 4.72 Å². The summed E-state index contributed by atoms with van der Waals surface area (Å²) in [6.45, 7) is -1.29. The number of ether oxygens (including phenoxy) is 1. The van der Waals surface area contributed by atoms with Crippen LogP contribution in [0.2, 0.25) is 0 Å². The lowest BCUT2D eigenvalue weighted by molar-refractivity contribution is -0.261. The quantitative estimate of drug-likeness (QED) is 0.545. The number of anilines is 1. The maximum Gasteiger partial charge on any atom is 0.434 e. The smallest absolute Gasteiger partial charge is 0.426 e. The van der Waals surface area contributed by atoms with Crippen LogP contribution in [0, 0.1) is 0 Å². The van der Waals surface area contributed by atoms with E-state index in [1.165, 1.54) is 36.7 Å². The van der Waals surface area contributed by atoms with Gasteiger partial charge in [0.05, 0.1) is 17.9 Å². The van der Waals surface area contributed by atoms with Crippen molar-refractivity contribution in [2.45, 2.75) is 16.8 Å². The van der Waals surface area contributed by atoms with E-state index in [-0.39, 0.29) is 5.69 Å². The van der Waals surface area contributed by atoms with Gasteiger partial charge < -0.3 is 4.74 Å². The molecule has 1 atom stereocenters. The molecule has 3 aromatic rings. The lowest BCUT2D eigenvalue weighted by atomic mass is 9.88. The van der Waals surface area contributed by atoms with Crippen LogP contribution < -0.4 is 10.0 Å². The largest absolute Gasteiger partial charge is 0.434 e. The number of fused-ring (bicyclic) bond motifs is 1. The summed E-state index contributed by atoms with van der Waals surface area (Å²) in [4.78, 5) is 15.6. The lowest BCUT2D eigenvalue weighted by Crippen LogP contribution is -2.56. The highest BCUT2D eigenvalue weighted by Gasteiger charge is 2.62. The molecule has 2 aromatic heterocycles. The van der Waals surface area contributed by atoms with Crippen LogP contribution in [0.25, 0.3) is 11.3 Å². The zero-order chi connectivity index (χ0) is 22.3. The van der Waals surface area contributed by atoms with Crippen LogP contribution in [-0.2, 0) is 20.4 Å². The molecule has 31 heavy (non-hydrogen) atoms. The van der Waals surface area contributed by atoms with Crippen molar-refractivity contribution in [2.75, 3.05) is 11.9 Å². The first-order valence-corrected chi connectivity index (χ1v) is 10.2. The third-order valence-corrected chi connectivity index (χ3v) is 5.95. The number of halogens is 3. The summed E-state index contributed by atoms with van der Waals surface area (Å²) in [5, 5.41) is 8.22. The Kier molecular flexibility index (Phi) is 4.94. The summed E-state index contributed by atoms with van der Waals surface area (Å²) >= 11 is 0. The first-order valence-electron chi connectivity index (χ1n) is 8.74. The van der Waals surface area contributed by atoms with Crippen molar-refractivity contribution in [1.29, 1.82) is 0 Å². The number of aromatic nitrogens is 3. The summed E-state index contributed by atoms with van der Waals surface area (Å²) in [6, 6.07) is 9.39. The second kappa shape index (κ2) is 7.35. The third kappa shape index (κ3) is 3.72. The van der Waals surface area contributed by atoms with Gasteiger partial charge in [0.2, 0.25) is 5.60 Å². The predicted octanol–water partition coefficient (Wildman–Crippen LogP) is 2.77. The Labute approximate surface area is 173 Å². The number of amides is 1. The molecule has 4 rings (SSSR count). The molecule has 1 aromatic carbocycles. The highest BCUT2D eigenvalue weighted by Crippen LogP contribution is 2.48. The first-order chi connectivity index (χ1) is 14.6. The number of sulfonamides is 1. The summed E-state index contributed by atoms with van der Waals surface area (Å²) < 4.78 is 74.5. The molecule has 0 bridgehead atoms. The Morgan fingerprint density at radius 1 is 1.16 bits per heavy atom. The number of H-pyrrole nitrogens is 1. The summed E-state index contributed by atoms with van der Waals surface area (Å²) in [7, 11) is -4.42. The van der Waals surface area contributed by atoms with E-state index in [0.29, 0.717) is 11.3 Å². The molecule has 1 amide bonds. The number of nitrogens with zero attached hydrogens (tertiary/aromatic N) is 2. The molecule has 3 N–H and O–H groups in total. The number of cyclic esters (lactones) is 1. The Balaban J connectivity index is 1.80. The average molecular weight is 453 g/mol. The molecule has 9 nitrogen and oxygen atoms in total. The third-order valence-electron chi connectivity index (χ3n) is 4.64. The van der Waals surface area contributed by atoms with Crippen LogP contribution in [0.4, 0.5) is 23.7 Å². The monoisotopic (exact) mass is 453 g/mol. The first kappa shape index (κ1) is 20.8. The van der Waals surface area contributed by atoms with Gasteiger partial charge in [0, 0.05) is 23.5 Å². The summed E-state index contributed by atoms with van der Waals surface area (Å²) in [5.41, 5.74) is -3.25. The van der Waals surface area contributed by atoms with E-state index in [1.54, 1.807) is 6.07 Å². The molecule has 3 heterocycles. The molecule has 0 spiro atoms. The number of hydrogen-bond acceptors (Lipinski definition) is 6. The van der Waals surface area contributed by atoms with Crippen molar-refractivity contribution in [3.8, 4) is 11.3 Å². The van der Waals surface area contributed by atoms with Gasteiger partial charge in [0.15, 0.2) is 5.03 Å². The highest BCUT2D eigenvalue weighted by molar-refractivity contribution is 7.89. The maximum atomic E-state index is 14.3. The Hall–Kier alpha value is -3.45. The molecule has 1 aliphatic heterocycles. The van der Waals surface area contributed by atoms with E-state index in [2.05, 4.69) is 20.5 Å². The minimum atomic E-state index is -5.16. The van der Waals surface area contributed by atoms with Crippen LogP contribution in [0.1, 0.15) is 5.56 Å². The Bertz CT molecular complexity index is 1220. The van der Waals surface area contributed by atoms with E-state index in [9.17, 15) is 26.4 Å². The Morgan fingerprint density at radius 3 is 2.61 bits per heavy atom. The second-order valence-corrected chi connectivity index (χ2v) is 8.27. The van der Waals surface area contributed by atoms with E-state index in [4.69, 9.17) is 4.74 Å². The predicted molar refractivity (Wildman–Crippen MR) is 101 cm³/mol. The van der Waals surface area contributed by atoms with Crippen LogP contribution >= 0.6 is 0 Å². The fraction of sp³-hybridized carbons (Fsp3) is 0.167. The molecule has 0 saturated heterocycles. The molecular weight excluding hydrogens is 439 g/mol. The van der Waals surface area contributed by atoms with Crippen LogP contribution in [0.15, 0.2) is 59.9 Å². The summed E-state index contributed by atoms with van der Waals surface area (Å²) in [5.74, 6) is 0. The van der Waals surface area contributed by atoms with Crippen molar-refractivity contribution in [2.24, 2.45) is 0 Å². The number of carbonyl (C=O) groups excluding carboxylic acids is 1. The molecular formula is C18H14F3N5O4S. The van der Waals surface area contributed by atoms with Crippen LogP contribution in [0.5, 0.6) is 0 Å². The number of pyridine rings is 1. The van der Waals surface area contributed by atoms with Gasteiger partial charge in [0.25, 0.3) is 10.0 Å². The van der Waals surface area contributed by atoms with E-state index in [0.717, 1.165) is 12.1 Å². The fourth-order valence-electron chi connectivity index (χ4n) is 3.14. The van der Waals surface area contributed by atoms with Gasteiger partial charge in [-0.15, -0.1) is 0 Å². The SMILES string of the molecule is O=C1Nc2ccc(-c3cc[nH]n3)cc2C(CNS(=O)(=O)c2ccccn2)(C(F)(F)F)O1. The number of aromatic amines is 1. The van der Waals surface area contributed by atoms with Gasteiger partial charge in [0.1, 0.15) is 0 Å². The normalized spacial score (nSPS) is 18.7. The van der Waals surface area contributed by atoms with Crippen molar-refractivity contribution < 1.29 is 31.1 Å². The topological polar surface area (TPSA) is 126 Å². The minimum Gasteiger partial charge on any atom is -0.426 e. The zero-order valence-corrected chi connectivity index (χ0v) is 16.3. The average Bonchev–Trinajstić information content (AvgIpc) is 3.26. The standard InChI is InChI=1S/C18H14F3N5O4S/c19-18(20,21)17(10-24-31(28,29)15-3-1-2-7-22-15)12-9-11(13-6-8-23-26-13)4-5-14(12)25-16(27)30-17/h1-9,24H,10H2,(H,23,26)(H,25,27). The summed E-state index contributed by atoms with van der Waals surface area (Å²) in [6.07, 6.45) is -3.85. The fourth-order valence-corrected chi connectivity index (χ4v) is 4.13. The van der Waals surface area contributed by atoms with Gasteiger partial charge in [-0.05, 0) is 30.3 Å². The number of alkyl halides is 3. The van der Waals surface area contributed by atoms with Gasteiger partial charge in [-0.3, -0.25) is 10.4 Å². The maximum absolute atomic E-state index is 14.3. The molecule has 1 unspecified atom stereocenters. The lowest BCUT2D eigenvalue weighted by Gasteiger charge is -2.39. The number of carbonyl (C=O) groups is 1. The molecule has 0 saturated carbocycles. The van der Waals surface area contributed by atoms with E-state index >= 15 is 0 Å². The van der Waals surface area contributed by atoms with Gasteiger partial charge >= 0.3 is 12.3 Å². The van der Waals surface area contributed by atoms with Gasteiger partial charge in [-0.2, -0.15) is 18.3 Å². The molecule has 0 aliphatic carbocycles. The zero-order valence-electron chi connectivity index (χ0n) is 15.5. The molecule has 13 heteroatoms. The second-order valence-electron chi connectivity index (χ2n) is 6.55. The van der Waals surface area contributed by atoms with Gasteiger partial charge in [-0.25, -0.2) is 22.9 Å². The number of hydrogen-bond donors (Lipinski definition) is 3. The van der Waals surface area contributed by atoms with Crippen LogP contribution in [0.3, 0.4) is 0 Å². The van der Waals surface area contributed by atoms with Gasteiger partial charge in [-0.1, -0.05) is 12.1 Å². The molecule has 162 valence electrons. The molecule has 0 radical (unpaired) electrons. The minimum absolute atomic E-state index is 0.162. The Morgan fingerprint density at radius 2 is 1.97 bits per heavy atom. The van der Waals surface area contributed by atoms with Crippen molar-refractivity contribution in [1.82, 2.24) is 19.9 Å². The van der Waals surface area contributed by atoms with Crippen LogP contribution in [-0.4, -0.2) is 42.4 Å². The molecule has 0 fully saturated rings. The molecule has 1 aliphatic rings. The number of rotatable bonds is 5. The number of benzene rings is 1. The van der Waals surface area contributed by atoms with Crippen molar-refractivity contribution in [3.63, 3.8) is 0 Å². The van der Waals surface area contributed by atoms with E-state index < -0.39 is 45.0 Å².